The predicted molar refractivity (Wildman–Crippen MR) is 93.7 cm³/mol. The number of nitro benzene ring substituents is 1. The number of hydrogen-bond acceptors (Lipinski definition) is 6. The summed E-state index contributed by atoms with van der Waals surface area (Å²) in [6.45, 7) is 3.74. The number of carbonyl (C=O) groups excluding carboxylic acids is 1. The maximum atomic E-state index is 12.8. The zero-order valence-electron chi connectivity index (χ0n) is 14.7. The van der Waals surface area contributed by atoms with Gasteiger partial charge in [-0.05, 0) is 25.5 Å². The Morgan fingerprint density at radius 3 is 2.52 bits per heavy atom. The van der Waals surface area contributed by atoms with Crippen molar-refractivity contribution in [2.75, 3.05) is 26.2 Å². The van der Waals surface area contributed by atoms with E-state index in [1.54, 1.807) is 4.90 Å². The molecule has 2 aliphatic rings. The highest BCUT2D eigenvalue weighted by Gasteiger charge is 2.37. The van der Waals surface area contributed by atoms with Crippen molar-refractivity contribution in [2.24, 2.45) is 11.0 Å². The topological polar surface area (TPSA) is 131 Å². The van der Waals surface area contributed by atoms with Gasteiger partial charge in [-0.2, -0.15) is 0 Å². The van der Waals surface area contributed by atoms with E-state index in [4.69, 9.17) is 4.74 Å². The molecule has 0 aromatic heterocycles. The number of rotatable bonds is 5. The molecule has 2 heterocycles. The first kappa shape index (κ1) is 18.7. The fraction of sp³-hybridized carbons (Fsp3) is 0.500. The molecule has 0 radical (unpaired) electrons. The highest BCUT2D eigenvalue weighted by atomic mass is 16.7. The average molecular weight is 377 g/mol. The van der Waals surface area contributed by atoms with E-state index < -0.39 is 15.9 Å². The minimum absolute atomic E-state index is 0.0112. The number of hydrazone groups is 1. The number of benzene rings is 1. The minimum atomic E-state index is -0.822. The number of guanidine groups is 1. The molecule has 3 rings (SSSR count). The Hall–Kier alpha value is -3.08. The van der Waals surface area contributed by atoms with Crippen LogP contribution in [0.3, 0.4) is 0 Å². The van der Waals surface area contributed by atoms with Crippen molar-refractivity contribution in [2.45, 2.75) is 19.4 Å². The van der Waals surface area contributed by atoms with Gasteiger partial charge in [0, 0.05) is 43.2 Å². The van der Waals surface area contributed by atoms with E-state index in [9.17, 15) is 25.0 Å². The molecule has 2 atom stereocenters. The first-order valence-corrected chi connectivity index (χ1v) is 8.51. The minimum Gasteiger partial charge on any atom is -0.378 e. The van der Waals surface area contributed by atoms with Crippen LogP contribution in [0.1, 0.15) is 23.7 Å². The van der Waals surface area contributed by atoms with Crippen LogP contribution in [-0.4, -0.2) is 64.0 Å². The van der Waals surface area contributed by atoms with Gasteiger partial charge < -0.3 is 9.64 Å². The third kappa shape index (κ3) is 4.19. The Balaban J connectivity index is 1.78. The van der Waals surface area contributed by atoms with Crippen LogP contribution in [0, 0.1) is 26.1 Å². The van der Waals surface area contributed by atoms with Gasteiger partial charge in [0.15, 0.2) is 5.03 Å². The van der Waals surface area contributed by atoms with Gasteiger partial charge in [0.25, 0.3) is 17.6 Å². The fourth-order valence-corrected chi connectivity index (χ4v) is 3.37. The zero-order valence-corrected chi connectivity index (χ0v) is 14.7. The molecule has 2 saturated heterocycles. The summed E-state index contributed by atoms with van der Waals surface area (Å²) >= 11 is 0. The fourth-order valence-electron chi connectivity index (χ4n) is 3.37. The second kappa shape index (κ2) is 7.66. The number of hydrogen-bond donors (Lipinski definition) is 0. The monoisotopic (exact) mass is 377 g/mol. The van der Waals surface area contributed by atoms with E-state index in [0.29, 0.717) is 19.7 Å². The molecular formula is C16H19N5O6. The third-order valence-corrected chi connectivity index (χ3v) is 4.62. The van der Waals surface area contributed by atoms with Crippen molar-refractivity contribution in [3.8, 4) is 0 Å². The van der Waals surface area contributed by atoms with Crippen LogP contribution in [0.25, 0.3) is 0 Å². The Labute approximate surface area is 154 Å². The van der Waals surface area contributed by atoms with Crippen molar-refractivity contribution in [3.63, 3.8) is 0 Å². The first-order valence-electron chi connectivity index (χ1n) is 8.51. The van der Waals surface area contributed by atoms with E-state index in [1.807, 2.05) is 6.92 Å². The van der Waals surface area contributed by atoms with Crippen LogP contribution in [-0.2, 0) is 4.74 Å². The molecule has 2 aliphatic heterocycles. The molecule has 1 aromatic rings. The largest absolute Gasteiger partial charge is 0.378 e. The Morgan fingerprint density at radius 2 is 1.96 bits per heavy atom. The lowest BCUT2D eigenvalue weighted by atomic mass is 10.1. The van der Waals surface area contributed by atoms with Crippen molar-refractivity contribution < 1.29 is 19.5 Å². The first-order chi connectivity index (χ1) is 12.8. The van der Waals surface area contributed by atoms with E-state index >= 15 is 0 Å². The molecule has 0 saturated carbocycles. The number of carbonyl (C=O) groups is 1. The van der Waals surface area contributed by atoms with Gasteiger partial charge in [-0.25, -0.2) is 10.1 Å². The third-order valence-electron chi connectivity index (χ3n) is 4.62. The molecule has 0 bridgehead atoms. The summed E-state index contributed by atoms with van der Waals surface area (Å²) in [6.07, 6.45) is 0.991. The molecule has 0 N–H and O–H groups in total. The van der Waals surface area contributed by atoms with Crippen molar-refractivity contribution in [1.29, 1.82) is 0 Å². The van der Waals surface area contributed by atoms with Gasteiger partial charge in [0.2, 0.25) is 0 Å². The molecule has 2 unspecified atom stereocenters. The lowest BCUT2D eigenvalue weighted by Crippen LogP contribution is -2.40. The molecule has 11 nitrogen and oxygen atoms in total. The van der Waals surface area contributed by atoms with E-state index in [0.717, 1.165) is 6.42 Å². The van der Waals surface area contributed by atoms with Crippen LogP contribution < -0.4 is 0 Å². The van der Waals surface area contributed by atoms with E-state index in [2.05, 4.69) is 5.10 Å². The van der Waals surface area contributed by atoms with Crippen LogP contribution in [0.5, 0.6) is 0 Å². The van der Waals surface area contributed by atoms with Gasteiger partial charge in [0.05, 0.1) is 17.6 Å². The summed E-state index contributed by atoms with van der Waals surface area (Å²) in [5, 5.41) is 24.3. The maximum absolute atomic E-state index is 12.8. The van der Waals surface area contributed by atoms with Crippen LogP contribution >= 0.6 is 0 Å². The summed E-state index contributed by atoms with van der Waals surface area (Å²) in [7, 11) is 0. The number of ether oxygens (including phenoxy) is 1. The molecule has 1 aromatic carbocycles. The average Bonchev–Trinajstić information content (AvgIpc) is 3.21. The summed E-state index contributed by atoms with van der Waals surface area (Å²) in [5.74, 6) is -0.279. The van der Waals surface area contributed by atoms with Crippen LogP contribution in [0.2, 0.25) is 0 Å². The highest BCUT2D eigenvalue weighted by molar-refractivity contribution is 6.06. The summed E-state index contributed by atoms with van der Waals surface area (Å²) in [5.41, 5.74) is 0.0699. The van der Waals surface area contributed by atoms with Crippen LogP contribution in [0.4, 0.5) is 5.69 Å². The molecule has 27 heavy (non-hydrogen) atoms. The Kier molecular flexibility index (Phi) is 5.31. The standard InChI is InChI=1S/C16H19N5O6/c1-11-8-12(10-27-11)9-18-6-7-19(16(18)17-21(25)26)15(22)13-2-4-14(5-3-13)20(23)24/h2-5,11-12H,6-10H2,1H3. The summed E-state index contributed by atoms with van der Waals surface area (Å²) < 4.78 is 5.53. The molecule has 11 heteroatoms. The molecule has 2 fully saturated rings. The van der Waals surface area contributed by atoms with Gasteiger partial charge in [-0.1, -0.05) is 0 Å². The molecule has 0 aliphatic carbocycles. The number of amides is 1. The normalized spacial score (nSPS) is 23.8. The summed E-state index contributed by atoms with van der Waals surface area (Å²) in [4.78, 5) is 36.9. The Morgan fingerprint density at radius 1 is 1.26 bits per heavy atom. The molecule has 0 spiro atoms. The highest BCUT2D eigenvalue weighted by Crippen LogP contribution is 2.23. The van der Waals surface area contributed by atoms with Gasteiger partial charge in [-0.3, -0.25) is 19.8 Å². The van der Waals surface area contributed by atoms with Crippen molar-refractivity contribution in [1.82, 2.24) is 9.80 Å². The Bertz CT molecular complexity index is 780. The van der Waals surface area contributed by atoms with E-state index in [1.165, 1.54) is 29.2 Å². The maximum Gasteiger partial charge on any atom is 0.281 e. The number of nitrogens with zero attached hydrogens (tertiary/aromatic N) is 5. The van der Waals surface area contributed by atoms with Crippen molar-refractivity contribution >= 4 is 17.6 Å². The van der Waals surface area contributed by atoms with Crippen molar-refractivity contribution in [3.05, 3.63) is 50.1 Å². The van der Waals surface area contributed by atoms with Gasteiger partial charge >= 0.3 is 0 Å². The number of nitro groups is 2. The smallest absolute Gasteiger partial charge is 0.281 e. The predicted octanol–water partition coefficient (Wildman–Crippen LogP) is 1.33. The quantitative estimate of drug-likeness (QED) is 0.558. The number of non-ortho nitro benzene ring substituents is 1. The van der Waals surface area contributed by atoms with Crippen LogP contribution in [0.15, 0.2) is 29.4 Å². The van der Waals surface area contributed by atoms with E-state index in [-0.39, 0.29) is 35.8 Å². The molecule has 1 amide bonds. The SMILES string of the molecule is CC1CC(CN2CCN(C(=O)c3ccc([N+](=O)[O-])cc3)C2=N[N+](=O)[O-])CO1. The van der Waals surface area contributed by atoms with Gasteiger partial charge in [0.1, 0.15) is 5.10 Å². The lowest BCUT2D eigenvalue weighted by Gasteiger charge is -2.22. The van der Waals surface area contributed by atoms with Gasteiger partial charge in [-0.15, -0.1) is 0 Å². The summed E-state index contributed by atoms with van der Waals surface area (Å²) in [6, 6.07) is 5.12. The zero-order chi connectivity index (χ0) is 19.6. The second-order valence-electron chi connectivity index (χ2n) is 6.59. The molecular weight excluding hydrogens is 358 g/mol. The second-order valence-corrected chi connectivity index (χ2v) is 6.59. The molecule has 144 valence electrons. The lowest BCUT2D eigenvalue weighted by molar-refractivity contribution is -0.486.